The molecule has 3 aromatic carbocycles. The van der Waals surface area contributed by atoms with Crippen molar-refractivity contribution >= 4 is 29.8 Å². The Bertz CT molecular complexity index is 945. The quantitative estimate of drug-likeness (QED) is 0.309. The Labute approximate surface area is 187 Å². The molecular weight excluding hydrogens is 403 g/mol. The molecule has 0 aliphatic rings. The Kier molecular flexibility index (Phi) is 7.97. The summed E-state index contributed by atoms with van der Waals surface area (Å²) in [6, 6.07) is 25.5. The van der Waals surface area contributed by atoms with E-state index in [1.807, 2.05) is 18.2 Å². The lowest BCUT2D eigenvalue weighted by atomic mass is 10.2. The molecule has 0 atom stereocenters. The summed E-state index contributed by atoms with van der Waals surface area (Å²) in [5, 5.41) is 3.52. The lowest BCUT2D eigenvalue weighted by Crippen LogP contribution is -2.23. The van der Waals surface area contributed by atoms with E-state index < -0.39 is 7.92 Å². The van der Waals surface area contributed by atoms with Crippen molar-refractivity contribution < 1.29 is 9.53 Å². The van der Waals surface area contributed by atoms with E-state index in [0.29, 0.717) is 5.75 Å². The van der Waals surface area contributed by atoms with Crippen LogP contribution in [0.3, 0.4) is 0 Å². The molecule has 0 aliphatic heterocycles. The molecule has 0 aliphatic carbocycles. The number of hydrogen-bond acceptors (Lipinski definition) is 4. The zero-order chi connectivity index (χ0) is 22.4. The van der Waals surface area contributed by atoms with E-state index in [-0.39, 0.29) is 5.97 Å². The third-order valence-electron chi connectivity index (χ3n) is 4.75. The number of carbonyl (C=O) groups is 1. The fraction of sp³-hybridized carbons (Fsp3) is 0.269. The third-order valence-corrected chi connectivity index (χ3v) is 7.23. The molecule has 0 fully saturated rings. The van der Waals surface area contributed by atoms with Crippen molar-refractivity contribution in [2.24, 2.45) is 0 Å². The minimum Gasteiger partial charge on any atom is -0.426 e. The normalized spacial score (nSPS) is 11.4. The molecule has 0 spiro atoms. The summed E-state index contributed by atoms with van der Waals surface area (Å²) < 4.78 is 5.59. The summed E-state index contributed by atoms with van der Waals surface area (Å²) in [6.45, 7) is 3.26. The van der Waals surface area contributed by atoms with Gasteiger partial charge in [-0.15, -0.1) is 0 Å². The number of hydrogen-bond donors (Lipinski definition) is 0. The number of nitrogens with zero attached hydrogens (tertiary/aromatic N) is 2. The topological polar surface area (TPSA) is 32.8 Å². The summed E-state index contributed by atoms with van der Waals surface area (Å²) >= 11 is 0. The average molecular weight is 435 g/mol. The number of carbonyl (C=O) groups excluding carboxylic acids is 1. The lowest BCUT2D eigenvalue weighted by molar-refractivity contribution is -0.131. The Hall–Kier alpha value is -2.52. The van der Waals surface area contributed by atoms with Crippen LogP contribution in [0, 0.1) is 0 Å². The molecule has 0 saturated carbocycles. The minimum absolute atomic E-state index is 0.301. The molecule has 3 aromatic rings. The number of rotatable bonds is 8. The van der Waals surface area contributed by atoms with Crippen LogP contribution in [0.2, 0.25) is 0 Å². The second kappa shape index (κ2) is 10.7. The molecular formula is C26H31N2O2P. The molecule has 0 heterocycles. The Morgan fingerprint density at radius 2 is 1.19 bits per heavy atom. The first kappa shape index (κ1) is 23.1. The van der Waals surface area contributed by atoms with Crippen molar-refractivity contribution in [3.63, 3.8) is 0 Å². The maximum absolute atomic E-state index is 11.7. The lowest BCUT2D eigenvalue weighted by Gasteiger charge is -2.22. The molecule has 0 unspecified atom stereocenters. The van der Waals surface area contributed by atoms with Crippen LogP contribution in [-0.4, -0.2) is 44.0 Å². The van der Waals surface area contributed by atoms with Crippen molar-refractivity contribution in [1.82, 2.24) is 9.80 Å². The highest BCUT2D eigenvalue weighted by molar-refractivity contribution is 7.80. The van der Waals surface area contributed by atoms with Crippen LogP contribution in [-0.2, 0) is 17.9 Å². The number of ether oxygens (including phenoxy) is 1. The van der Waals surface area contributed by atoms with E-state index in [4.69, 9.17) is 4.74 Å². The molecule has 0 saturated heterocycles. The largest absolute Gasteiger partial charge is 0.426 e. The van der Waals surface area contributed by atoms with Crippen LogP contribution in [0.25, 0.3) is 0 Å². The zero-order valence-corrected chi connectivity index (χ0v) is 19.9. The maximum atomic E-state index is 11.7. The maximum Gasteiger partial charge on any atom is 0.308 e. The van der Waals surface area contributed by atoms with Gasteiger partial charge >= 0.3 is 5.97 Å². The van der Waals surface area contributed by atoms with E-state index in [2.05, 4.69) is 92.6 Å². The Morgan fingerprint density at radius 1 is 0.742 bits per heavy atom. The highest BCUT2D eigenvalue weighted by atomic mass is 31.1. The summed E-state index contributed by atoms with van der Waals surface area (Å²) in [4.78, 5) is 16.1. The predicted octanol–water partition coefficient (Wildman–Crippen LogP) is 3.49. The van der Waals surface area contributed by atoms with Crippen LogP contribution in [0.15, 0.2) is 72.8 Å². The van der Waals surface area contributed by atoms with Gasteiger partial charge < -0.3 is 14.5 Å². The van der Waals surface area contributed by atoms with Gasteiger partial charge in [0, 0.05) is 25.3 Å². The number of esters is 1. The van der Waals surface area contributed by atoms with Crippen LogP contribution < -0.4 is 20.7 Å². The van der Waals surface area contributed by atoms with Crippen molar-refractivity contribution in [1.29, 1.82) is 0 Å². The van der Waals surface area contributed by atoms with Crippen molar-refractivity contribution in [3.8, 4) is 5.75 Å². The van der Waals surface area contributed by atoms with E-state index in [0.717, 1.165) is 18.4 Å². The number of para-hydroxylation sites is 1. The van der Waals surface area contributed by atoms with Crippen molar-refractivity contribution in [2.45, 2.75) is 20.0 Å². The van der Waals surface area contributed by atoms with Gasteiger partial charge in [0.25, 0.3) is 0 Å². The molecule has 0 N–H and O–H groups in total. The van der Waals surface area contributed by atoms with E-state index >= 15 is 0 Å². The molecule has 31 heavy (non-hydrogen) atoms. The van der Waals surface area contributed by atoms with Gasteiger partial charge in [0.1, 0.15) is 5.75 Å². The molecule has 4 nitrogen and oxygen atoms in total. The van der Waals surface area contributed by atoms with Crippen LogP contribution >= 0.6 is 7.92 Å². The first-order valence-electron chi connectivity index (χ1n) is 10.4. The molecule has 5 heteroatoms. The first-order valence-corrected chi connectivity index (χ1v) is 11.7. The molecule has 0 radical (unpaired) electrons. The molecule has 0 aromatic heterocycles. The molecule has 0 bridgehead atoms. The van der Waals surface area contributed by atoms with Gasteiger partial charge in [-0.05, 0) is 63.9 Å². The van der Waals surface area contributed by atoms with Gasteiger partial charge in [0.15, 0.2) is 0 Å². The van der Waals surface area contributed by atoms with E-state index in [1.165, 1.54) is 28.7 Å². The van der Waals surface area contributed by atoms with Gasteiger partial charge in [-0.1, -0.05) is 66.7 Å². The van der Waals surface area contributed by atoms with Crippen LogP contribution in [0.1, 0.15) is 18.1 Å². The van der Waals surface area contributed by atoms with Gasteiger partial charge in [0.05, 0.1) is 0 Å². The second-order valence-electron chi connectivity index (χ2n) is 8.21. The number of benzene rings is 3. The minimum atomic E-state index is -0.867. The molecule has 0 amide bonds. The Morgan fingerprint density at radius 3 is 1.61 bits per heavy atom. The highest BCUT2D eigenvalue weighted by Crippen LogP contribution is 2.36. The second-order valence-corrected chi connectivity index (χ2v) is 10.4. The monoisotopic (exact) mass is 434 g/mol. The van der Waals surface area contributed by atoms with Crippen molar-refractivity contribution in [2.75, 3.05) is 28.2 Å². The Balaban J connectivity index is 2.06. The first-order chi connectivity index (χ1) is 14.8. The summed E-state index contributed by atoms with van der Waals surface area (Å²) in [7, 11) is 7.43. The average Bonchev–Trinajstić information content (AvgIpc) is 2.71. The van der Waals surface area contributed by atoms with E-state index in [1.54, 1.807) is 0 Å². The van der Waals surface area contributed by atoms with Gasteiger partial charge in [0.2, 0.25) is 0 Å². The standard InChI is InChI=1S/C26H31N2O2P/c1-20(29)30-25-8-6-7-9-26(25)31(23-14-10-21(11-15-23)18-27(2)3)24-16-12-22(13-17-24)19-28(4)5/h6-17H,18-19H2,1-5H3. The third kappa shape index (κ3) is 6.48. The van der Waals surface area contributed by atoms with Crippen molar-refractivity contribution in [3.05, 3.63) is 83.9 Å². The summed E-state index contributed by atoms with van der Waals surface area (Å²) in [5.74, 6) is 0.334. The molecule has 162 valence electrons. The molecule has 3 rings (SSSR count). The summed E-state index contributed by atoms with van der Waals surface area (Å²) in [5.41, 5.74) is 2.55. The van der Waals surface area contributed by atoms with Gasteiger partial charge in [-0.3, -0.25) is 4.79 Å². The fourth-order valence-corrected chi connectivity index (χ4v) is 5.87. The van der Waals surface area contributed by atoms with Gasteiger partial charge in [-0.2, -0.15) is 0 Å². The summed E-state index contributed by atoms with van der Waals surface area (Å²) in [6.07, 6.45) is 0. The van der Waals surface area contributed by atoms with Gasteiger partial charge in [-0.25, -0.2) is 0 Å². The fourth-order valence-electron chi connectivity index (χ4n) is 3.54. The van der Waals surface area contributed by atoms with E-state index in [9.17, 15) is 4.79 Å². The highest BCUT2D eigenvalue weighted by Gasteiger charge is 2.21. The van der Waals surface area contributed by atoms with Crippen LogP contribution in [0.4, 0.5) is 0 Å². The SMILES string of the molecule is CC(=O)Oc1ccccc1P(c1ccc(CN(C)C)cc1)c1ccc(CN(C)C)cc1. The van der Waals surface area contributed by atoms with Crippen LogP contribution in [0.5, 0.6) is 5.75 Å². The predicted molar refractivity (Wildman–Crippen MR) is 131 cm³/mol. The zero-order valence-electron chi connectivity index (χ0n) is 19.0. The smallest absolute Gasteiger partial charge is 0.308 e.